The summed E-state index contributed by atoms with van der Waals surface area (Å²) in [6, 6.07) is 3.96. The van der Waals surface area contributed by atoms with Gasteiger partial charge in [-0.05, 0) is 42.9 Å². The molecule has 0 atom stereocenters. The molecule has 24 heavy (non-hydrogen) atoms. The van der Waals surface area contributed by atoms with E-state index in [-0.39, 0.29) is 6.61 Å². The van der Waals surface area contributed by atoms with E-state index in [0.29, 0.717) is 13.0 Å². The van der Waals surface area contributed by atoms with E-state index >= 15 is 0 Å². The van der Waals surface area contributed by atoms with Crippen LogP contribution in [0.3, 0.4) is 0 Å². The maximum atomic E-state index is 9.38. The molecular formula is C18H20N4OS. The Morgan fingerprint density at radius 2 is 2.17 bits per heavy atom. The molecule has 124 valence electrons. The van der Waals surface area contributed by atoms with Crippen LogP contribution in [0, 0.1) is 0 Å². The molecule has 0 saturated carbocycles. The largest absolute Gasteiger partial charge is 0.394 e. The zero-order valence-corrected chi connectivity index (χ0v) is 14.3. The van der Waals surface area contributed by atoms with E-state index in [9.17, 15) is 5.11 Å². The number of rotatable bonds is 5. The second-order valence-corrected chi connectivity index (χ2v) is 7.06. The number of fused-ring (bicyclic) bond motifs is 1. The van der Waals surface area contributed by atoms with Gasteiger partial charge in [0.2, 0.25) is 0 Å². The summed E-state index contributed by atoms with van der Waals surface area (Å²) in [5.74, 6) is 1.67. The predicted octanol–water partition coefficient (Wildman–Crippen LogP) is 2.86. The van der Waals surface area contributed by atoms with Gasteiger partial charge in [-0.15, -0.1) is 11.3 Å². The SMILES string of the molecule is OCCn1nc(Cc2cccnc2)nc1-c1csc2c1CCCC2. The minimum Gasteiger partial charge on any atom is -0.394 e. The van der Waals surface area contributed by atoms with E-state index in [2.05, 4.69) is 15.5 Å². The number of hydrogen-bond donors (Lipinski definition) is 1. The molecule has 0 spiro atoms. The molecule has 3 heterocycles. The summed E-state index contributed by atoms with van der Waals surface area (Å²) >= 11 is 1.83. The van der Waals surface area contributed by atoms with Crippen molar-refractivity contribution in [3.8, 4) is 11.4 Å². The van der Waals surface area contributed by atoms with Gasteiger partial charge in [-0.3, -0.25) is 4.98 Å². The third-order valence-corrected chi connectivity index (χ3v) is 5.50. The van der Waals surface area contributed by atoms with Crippen LogP contribution in [-0.4, -0.2) is 31.5 Å². The van der Waals surface area contributed by atoms with Crippen LogP contribution in [0.15, 0.2) is 29.9 Å². The number of thiophene rings is 1. The van der Waals surface area contributed by atoms with Crippen molar-refractivity contribution in [1.82, 2.24) is 19.7 Å². The average Bonchev–Trinajstić information content (AvgIpc) is 3.20. The quantitative estimate of drug-likeness (QED) is 0.776. The van der Waals surface area contributed by atoms with Gasteiger partial charge < -0.3 is 5.11 Å². The van der Waals surface area contributed by atoms with Crippen LogP contribution in [0.5, 0.6) is 0 Å². The molecule has 0 aliphatic heterocycles. The van der Waals surface area contributed by atoms with Crippen LogP contribution < -0.4 is 0 Å². The molecule has 3 aromatic heterocycles. The summed E-state index contributed by atoms with van der Waals surface area (Å²) in [7, 11) is 0. The van der Waals surface area contributed by atoms with Gasteiger partial charge in [0, 0.05) is 34.6 Å². The molecule has 3 aromatic rings. The zero-order valence-electron chi connectivity index (χ0n) is 13.5. The number of aromatic nitrogens is 4. The minimum atomic E-state index is 0.0645. The summed E-state index contributed by atoms with van der Waals surface area (Å²) < 4.78 is 1.85. The molecular weight excluding hydrogens is 320 g/mol. The number of aliphatic hydroxyl groups excluding tert-OH is 1. The Balaban J connectivity index is 1.70. The van der Waals surface area contributed by atoms with Crippen molar-refractivity contribution in [2.24, 2.45) is 0 Å². The minimum absolute atomic E-state index is 0.0645. The van der Waals surface area contributed by atoms with Crippen molar-refractivity contribution in [2.45, 2.75) is 38.6 Å². The van der Waals surface area contributed by atoms with Crippen LogP contribution in [-0.2, 0) is 25.8 Å². The van der Waals surface area contributed by atoms with E-state index in [0.717, 1.165) is 23.6 Å². The number of aryl methyl sites for hydroxylation is 1. The summed E-state index contributed by atoms with van der Waals surface area (Å²) in [4.78, 5) is 10.4. The molecule has 0 amide bonds. The van der Waals surface area contributed by atoms with Crippen LogP contribution in [0.2, 0.25) is 0 Å². The van der Waals surface area contributed by atoms with Gasteiger partial charge in [-0.2, -0.15) is 5.10 Å². The Morgan fingerprint density at radius 1 is 1.25 bits per heavy atom. The second-order valence-electron chi connectivity index (χ2n) is 6.09. The third-order valence-electron chi connectivity index (χ3n) is 4.41. The number of pyridine rings is 1. The van der Waals surface area contributed by atoms with Crippen LogP contribution >= 0.6 is 11.3 Å². The number of nitrogens with zero attached hydrogens (tertiary/aromatic N) is 4. The molecule has 1 aliphatic rings. The van der Waals surface area contributed by atoms with Crippen molar-refractivity contribution >= 4 is 11.3 Å². The van der Waals surface area contributed by atoms with E-state index in [1.54, 1.807) is 6.20 Å². The third kappa shape index (κ3) is 2.99. The van der Waals surface area contributed by atoms with E-state index < -0.39 is 0 Å². The standard InChI is InChI=1S/C18H20N4OS/c23-9-8-22-18(15-12-24-16-6-2-1-5-14(15)16)20-17(21-22)10-13-4-3-7-19-11-13/h3-4,7,11-12,23H,1-2,5-6,8-10H2. The lowest BCUT2D eigenvalue weighted by molar-refractivity contribution is 0.270. The van der Waals surface area contributed by atoms with Crippen LogP contribution in [0.1, 0.15) is 34.7 Å². The highest BCUT2D eigenvalue weighted by molar-refractivity contribution is 7.10. The van der Waals surface area contributed by atoms with Gasteiger partial charge in [0.05, 0.1) is 13.2 Å². The highest BCUT2D eigenvalue weighted by Gasteiger charge is 2.21. The topological polar surface area (TPSA) is 63.8 Å². The molecule has 5 nitrogen and oxygen atoms in total. The fourth-order valence-corrected chi connectivity index (χ4v) is 4.40. The second kappa shape index (κ2) is 6.83. The highest BCUT2D eigenvalue weighted by Crippen LogP contribution is 2.35. The van der Waals surface area contributed by atoms with E-state index in [1.807, 2.05) is 34.3 Å². The van der Waals surface area contributed by atoms with Crippen molar-refractivity contribution in [2.75, 3.05) is 6.61 Å². The molecule has 0 aromatic carbocycles. The van der Waals surface area contributed by atoms with Gasteiger partial charge in [0.15, 0.2) is 11.6 Å². The maximum absolute atomic E-state index is 9.38. The highest BCUT2D eigenvalue weighted by atomic mass is 32.1. The van der Waals surface area contributed by atoms with Crippen molar-refractivity contribution < 1.29 is 5.11 Å². The van der Waals surface area contributed by atoms with Crippen molar-refractivity contribution in [3.63, 3.8) is 0 Å². The fraction of sp³-hybridized carbons (Fsp3) is 0.389. The van der Waals surface area contributed by atoms with Gasteiger partial charge in [-0.1, -0.05) is 6.07 Å². The molecule has 1 aliphatic carbocycles. The van der Waals surface area contributed by atoms with E-state index in [1.165, 1.54) is 35.3 Å². The van der Waals surface area contributed by atoms with Crippen LogP contribution in [0.25, 0.3) is 11.4 Å². The normalized spacial score (nSPS) is 13.9. The maximum Gasteiger partial charge on any atom is 0.159 e. The first kappa shape index (κ1) is 15.5. The lowest BCUT2D eigenvalue weighted by Crippen LogP contribution is -2.07. The summed E-state index contributed by atoms with van der Waals surface area (Å²) in [5.41, 5.74) is 3.73. The van der Waals surface area contributed by atoms with E-state index in [4.69, 9.17) is 4.98 Å². The smallest absolute Gasteiger partial charge is 0.159 e. The van der Waals surface area contributed by atoms with Gasteiger partial charge in [0.25, 0.3) is 0 Å². The van der Waals surface area contributed by atoms with Gasteiger partial charge in [0.1, 0.15) is 0 Å². The van der Waals surface area contributed by atoms with Crippen molar-refractivity contribution in [3.05, 3.63) is 51.7 Å². The first-order valence-electron chi connectivity index (χ1n) is 8.38. The molecule has 0 fully saturated rings. The molecule has 0 unspecified atom stereocenters. The molecule has 1 N–H and O–H groups in total. The Bertz CT molecular complexity index is 825. The van der Waals surface area contributed by atoms with Gasteiger partial charge in [-0.25, -0.2) is 9.67 Å². The Kier molecular flexibility index (Phi) is 4.40. The monoisotopic (exact) mass is 340 g/mol. The lowest BCUT2D eigenvalue weighted by atomic mass is 9.95. The first-order valence-corrected chi connectivity index (χ1v) is 9.26. The molecule has 4 rings (SSSR count). The number of hydrogen-bond acceptors (Lipinski definition) is 5. The van der Waals surface area contributed by atoms with Crippen LogP contribution in [0.4, 0.5) is 0 Å². The van der Waals surface area contributed by atoms with Crippen molar-refractivity contribution in [1.29, 1.82) is 0 Å². The Hall–Kier alpha value is -2.05. The average molecular weight is 340 g/mol. The predicted molar refractivity (Wildman–Crippen MR) is 94.1 cm³/mol. The molecule has 0 radical (unpaired) electrons. The fourth-order valence-electron chi connectivity index (χ4n) is 3.28. The Morgan fingerprint density at radius 3 is 3.00 bits per heavy atom. The molecule has 0 bridgehead atoms. The summed E-state index contributed by atoms with van der Waals surface area (Å²) in [6.45, 7) is 0.537. The molecule has 6 heteroatoms. The Labute approximate surface area is 145 Å². The summed E-state index contributed by atoms with van der Waals surface area (Å²) in [5, 5.41) is 16.2. The first-order chi connectivity index (χ1) is 11.8. The summed E-state index contributed by atoms with van der Waals surface area (Å²) in [6.07, 6.45) is 9.10. The number of aliphatic hydroxyl groups is 1. The lowest BCUT2D eigenvalue weighted by Gasteiger charge is -2.12. The van der Waals surface area contributed by atoms with Gasteiger partial charge >= 0.3 is 0 Å². The zero-order chi connectivity index (χ0) is 16.4. The molecule has 0 saturated heterocycles.